The molecule has 0 spiro atoms. The minimum atomic E-state index is -3.34. The summed E-state index contributed by atoms with van der Waals surface area (Å²) in [4.78, 5) is 11.5. The van der Waals surface area contributed by atoms with Crippen molar-refractivity contribution in [1.29, 1.82) is 0 Å². The second-order valence-corrected chi connectivity index (χ2v) is 6.27. The number of hydrogen-bond acceptors (Lipinski definition) is 5. The molecule has 0 bridgehead atoms. The molecule has 0 amide bonds. The van der Waals surface area contributed by atoms with Crippen LogP contribution >= 0.6 is 0 Å². The summed E-state index contributed by atoms with van der Waals surface area (Å²) in [6.45, 7) is 5.54. The number of sulfonamides is 1. The molecule has 1 aromatic rings. The number of aryl methyl sites for hydroxylation is 1. The van der Waals surface area contributed by atoms with Crippen LogP contribution in [0.2, 0.25) is 0 Å². The third-order valence-electron chi connectivity index (χ3n) is 2.56. The summed E-state index contributed by atoms with van der Waals surface area (Å²) in [7, 11) is -3.34. The molecule has 2 N–H and O–H groups in total. The Morgan fingerprint density at radius 3 is 2.60 bits per heavy atom. The van der Waals surface area contributed by atoms with Crippen molar-refractivity contribution in [3.05, 3.63) is 23.8 Å². The Hall–Kier alpha value is -1.76. The summed E-state index contributed by atoms with van der Waals surface area (Å²) >= 11 is 0. The van der Waals surface area contributed by atoms with Crippen LogP contribution in [0.3, 0.4) is 0 Å². The maximum atomic E-state index is 11.5. The largest absolute Gasteiger partial charge is 0.464 e. The summed E-state index contributed by atoms with van der Waals surface area (Å²) in [6.07, 6.45) is 1.09. The van der Waals surface area contributed by atoms with Gasteiger partial charge in [0.15, 0.2) is 0 Å². The lowest BCUT2D eigenvalue weighted by atomic mass is 10.2. The summed E-state index contributed by atoms with van der Waals surface area (Å²) in [6, 6.07) is 4.68. The van der Waals surface area contributed by atoms with E-state index in [1.807, 2.05) is 0 Å². The maximum absolute atomic E-state index is 11.5. The van der Waals surface area contributed by atoms with Crippen LogP contribution in [-0.4, -0.2) is 33.3 Å². The van der Waals surface area contributed by atoms with E-state index in [0.717, 1.165) is 11.8 Å². The molecule has 1 unspecified atom stereocenters. The molecule has 1 aromatic carbocycles. The molecule has 0 aliphatic rings. The molecular weight excluding hydrogens is 280 g/mol. The Balaban J connectivity index is 2.87. The molecule has 0 aliphatic carbocycles. The van der Waals surface area contributed by atoms with E-state index in [2.05, 4.69) is 10.0 Å². The highest BCUT2D eigenvalue weighted by Gasteiger charge is 2.14. The molecule has 1 atom stereocenters. The topological polar surface area (TPSA) is 84.5 Å². The van der Waals surface area contributed by atoms with Crippen molar-refractivity contribution in [3.8, 4) is 0 Å². The summed E-state index contributed by atoms with van der Waals surface area (Å²) < 4.78 is 29.9. The quantitative estimate of drug-likeness (QED) is 0.782. The third kappa shape index (κ3) is 5.08. The van der Waals surface area contributed by atoms with Gasteiger partial charge in [-0.05, 0) is 38.5 Å². The van der Waals surface area contributed by atoms with Gasteiger partial charge in [-0.2, -0.15) is 0 Å². The number of benzene rings is 1. The van der Waals surface area contributed by atoms with Gasteiger partial charge in [-0.1, -0.05) is 6.07 Å². The zero-order valence-electron chi connectivity index (χ0n) is 12.1. The first-order valence-corrected chi connectivity index (χ1v) is 8.13. The lowest BCUT2D eigenvalue weighted by Gasteiger charge is -2.16. The van der Waals surface area contributed by atoms with Crippen LogP contribution in [0.1, 0.15) is 19.4 Å². The number of hydrogen-bond donors (Lipinski definition) is 2. The van der Waals surface area contributed by atoms with Gasteiger partial charge in [0.05, 0.1) is 18.6 Å². The van der Waals surface area contributed by atoms with E-state index in [4.69, 9.17) is 4.74 Å². The number of carbonyl (C=O) groups excluding carboxylic acids is 1. The fraction of sp³-hybridized carbons (Fsp3) is 0.462. The van der Waals surface area contributed by atoms with Crippen LogP contribution in [-0.2, 0) is 19.6 Å². The standard InChI is InChI=1S/C13H20N2O4S/c1-5-19-13(16)10(3)14-11-7-6-9(2)12(8-11)15-20(4,17)18/h6-8,10,14-15H,5H2,1-4H3. The lowest BCUT2D eigenvalue weighted by Crippen LogP contribution is -2.28. The number of esters is 1. The number of nitrogens with one attached hydrogen (secondary N) is 2. The minimum Gasteiger partial charge on any atom is -0.464 e. The summed E-state index contributed by atoms with van der Waals surface area (Å²) in [5, 5.41) is 2.97. The zero-order valence-corrected chi connectivity index (χ0v) is 12.9. The van der Waals surface area contributed by atoms with Gasteiger partial charge < -0.3 is 10.1 Å². The number of rotatable bonds is 6. The zero-order chi connectivity index (χ0) is 15.3. The highest BCUT2D eigenvalue weighted by molar-refractivity contribution is 7.92. The van der Waals surface area contributed by atoms with Crippen LogP contribution in [0, 0.1) is 6.92 Å². The predicted octanol–water partition coefficient (Wildman–Crippen LogP) is 1.73. The molecule has 0 aromatic heterocycles. The Labute approximate surface area is 119 Å². The lowest BCUT2D eigenvalue weighted by molar-refractivity contribution is -0.143. The van der Waals surface area contributed by atoms with E-state index in [-0.39, 0.29) is 5.97 Å². The average Bonchev–Trinajstić information content (AvgIpc) is 2.32. The van der Waals surface area contributed by atoms with Gasteiger partial charge in [-0.3, -0.25) is 4.72 Å². The molecule has 7 heteroatoms. The monoisotopic (exact) mass is 300 g/mol. The van der Waals surface area contributed by atoms with E-state index in [9.17, 15) is 13.2 Å². The number of carbonyl (C=O) groups is 1. The molecule has 20 heavy (non-hydrogen) atoms. The molecule has 0 aliphatic heterocycles. The van der Waals surface area contributed by atoms with Gasteiger partial charge in [-0.25, -0.2) is 13.2 Å². The van der Waals surface area contributed by atoms with Gasteiger partial charge >= 0.3 is 5.97 Å². The van der Waals surface area contributed by atoms with Crippen molar-refractivity contribution < 1.29 is 17.9 Å². The molecule has 6 nitrogen and oxygen atoms in total. The van der Waals surface area contributed by atoms with Gasteiger partial charge in [-0.15, -0.1) is 0 Å². The molecule has 0 saturated carbocycles. The third-order valence-corrected chi connectivity index (χ3v) is 3.15. The van der Waals surface area contributed by atoms with Crippen LogP contribution in [0.4, 0.5) is 11.4 Å². The Morgan fingerprint density at radius 1 is 1.40 bits per heavy atom. The SMILES string of the molecule is CCOC(=O)C(C)Nc1ccc(C)c(NS(C)(=O)=O)c1. The van der Waals surface area contributed by atoms with Crippen molar-refractivity contribution in [1.82, 2.24) is 0 Å². The van der Waals surface area contributed by atoms with Crippen molar-refractivity contribution in [2.45, 2.75) is 26.8 Å². The van der Waals surface area contributed by atoms with Gasteiger partial charge in [0, 0.05) is 5.69 Å². The Kier molecular flexibility index (Phi) is 5.38. The van der Waals surface area contributed by atoms with Crippen LogP contribution < -0.4 is 10.0 Å². The molecule has 112 valence electrons. The van der Waals surface area contributed by atoms with Crippen LogP contribution in [0.5, 0.6) is 0 Å². The van der Waals surface area contributed by atoms with E-state index < -0.39 is 16.1 Å². The average molecular weight is 300 g/mol. The Bertz CT molecular complexity index is 584. The van der Waals surface area contributed by atoms with Crippen LogP contribution in [0.25, 0.3) is 0 Å². The number of ether oxygens (including phenoxy) is 1. The fourth-order valence-corrected chi connectivity index (χ4v) is 2.22. The Morgan fingerprint density at radius 2 is 2.05 bits per heavy atom. The van der Waals surface area contributed by atoms with Crippen molar-refractivity contribution in [3.63, 3.8) is 0 Å². The van der Waals surface area contributed by atoms with Crippen molar-refractivity contribution in [2.75, 3.05) is 22.9 Å². The maximum Gasteiger partial charge on any atom is 0.328 e. The smallest absolute Gasteiger partial charge is 0.328 e. The molecular formula is C13H20N2O4S. The van der Waals surface area contributed by atoms with Crippen molar-refractivity contribution >= 4 is 27.4 Å². The van der Waals surface area contributed by atoms with E-state index in [0.29, 0.717) is 18.0 Å². The van der Waals surface area contributed by atoms with E-state index in [1.54, 1.807) is 39.0 Å². The first kappa shape index (κ1) is 16.3. The fourth-order valence-electron chi connectivity index (χ4n) is 1.60. The molecule has 1 rings (SSSR count). The highest BCUT2D eigenvalue weighted by Crippen LogP contribution is 2.21. The van der Waals surface area contributed by atoms with E-state index in [1.165, 1.54) is 0 Å². The van der Waals surface area contributed by atoms with Crippen molar-refractivity contribution in [2.24, 2.45) is 0 Å². The van der Waals surface area contributed by atoms with Crippen LogP contribution in [0.15, 0.2) is 18.2 Å². The molecule has 0 heterocycles. The normalized spacial score (nSPS) is 12.6. The first-order valence-electron chi connectivity index (χ1n) is 6.24. The molecule has 0 fully saturated rings. The van der Waals surface area contributed by atoms with E-state index >= 15 is 0 Å². The highest BCUT2D eigenvalue weighted by atomic mass is 32.2. The first-order chi connectivity index (χ1) is 9.23. The second-order valence-electron chi connectivity index (χ2n) is 4.52. The summed E-state index contributed by atoms with van der Waals surface area (Å²) in [5.74, 6) is -0.356. The predicted molar refractivity (Wildman–Crippen MR) is 79.4 cm³/mol. The molecule has 0 saturated heterocycles. The number of anilines is 2. The van der Waals surface area contributed by atoms with Gasteiger partial charge in [0.2, 0.25) is 10.0 Å². The minimum absolute atomic E-state index is 0.319. The second kappa shape index (κ2) is 6.60. The molecule has 0 radical (unpaired) electrons. The van der Waals surface area contributed by atoms with Gasteiger partial charge in [0.25, 0.3) is 0 Å². The van der Waals surface area contributed by atoms with Gasteiger partial charge in [0.1, 0.15) is 6.04 Å². The summed E-state index contributed by atoms with van der Waals surface area (Å²) in [5.41, 5.74) is 1.92.